The van der Waals surface area contributed by atoms with Crippen LogP contribution < -0.4 is 0 Å². The molecule has 6 heteroatoms. The quantitative estimate of drug-likeness (QED) is 0.321. The molecule has 0 saturated heterocycles. The van der Waals surface area contributed by atoms with Crippen molar-refractivity contribution in [1.29, 1.82) is 0 Å². The van der Waals surface area contributed by atoms with Crippen LogP contribution in [0.15, 0.2) is 6.07 Å². The molecule has 1 unspecified atom stereocenters. The van der Waals surface area contributed by atoms with Crippen LogP contribution in [0.3, 0.4) is 0 Å². The minimum atomic E-state index is -0.725. The van der Waals surface area contributed by atoms with Gasteiger partial charge in [0.1, 0.15) is 0 Å². The lowest BCUT2D eigenvalue weighted by Gasteiger charge is -2.09. The molecule has 0 saturated carbocycles. The maximum absolute atomic E-state index is 11.6. The summed E-state index contributed by atoms with van der Waals surface area (Å²) in [6, 6.07) is 1.36. The zero-order chi connectivity index (χ0) is 11.7. The molecule has 0 aliphatic carbocycles. The number of alkyl halides is 1. The molecule has 0 heterocycles. The van der Waals surface area contributed by atoms with Gasteiger partial charge in [-0.15, -0.1) is 11.6 Å². The van der Waals surface area contributed by atoms with Crippen molar-refractivity contribution in [2.24, 2.45) is 0 Å². The molecule has 1 aromatic carbocycles. The Labute approximate surface area is 112 Å². The summed E-state index contributed by atoms with van der Waals surface area (Å²) in [5.74, 6) is -0.384. The Hall–Kier alpha value is 0.340. The molecule has 1 rings (SSSR count). The summed E-state index contributed by atoms with van der Waals surface area (Å²) in [6.07, 6.45) is 0. The van der Waals surface area contributed by atoms with Gasteiger partial charge in [0.25, 0.3) is 0 Å². The van der Waals surface area contributed by atoms with Crippen LogP contribution in [0, 0.1) is 0 Å². The number of hydrogen-bond acceptors (Lipinski definition) is 1. The normalized spacial score (nSPS) is 12.7. The topological polar surface area (TPSA) is 17.1 Å². The summed E-state index contributed by atoms with van der Waals surface area (Å²) < 4.78 is 0. The van der Waals surface area contributed by atoms with Crippen molar-refractivity contribution in [3.63, 3.8) is 0 Å². The molecule has 15 heavy (non-hydrogen) atoms. The highest BCUT2D eigenvalue weighted by Gasteiger charge is 2.22. The molecule has 0 aliphatic rings. The Morgan fingerprint density at radius 1 is 1.13 bits per heavy atom. The molecular formula is C9H5Cl5O. The number of rotatable bonds is 2. The van der Waals surface area contributed by atoms with Crippen molar-refractivity contribution in [2.75, 3.05) is 0 Å². The molecule has 0 fully saturated rings. The first kappa shape index (κ1) is 13.4. The fourth-order valence-corrected chi connectivity index (χ4v) is 2.20. The highest BCUT2D eigenvalue weighted by molar-refractivity contribution is 6.52. The fraction of sp³-hybridized carbons (Fsp3) is 0.222. The average molecular weight is 306 g/mol. The molecule has 0 bridgehead atoms. The summed E-state index contributed by atoms with van der Waals surface area (Å²) in [6.45, 7) is 1.53. The predicted octanol–water partition coefficient (Wildman–Crippen LogP) is 5.11. The molecule has 1 aromatic rings. The van der Waals surface area contributed by atoms with E-state index in [9.17, 15) is 4.79 Å². The van der Waals surface area contributed by atoms with Crippen molar-refractivity contribution in [3.05, 3.63) is 31.7 Å². The van der Waals surface area contributed by atoms with E-state index in [1.165, 1.54) is 13.0 Å². The number of carbonyl (C=O) groups is 1. The molecule has 1 nitrogen and oxygen atoms in total. The van der Waals surface area contributed by atoms with E-state index in [0.717, 1.165) is 0 Å². The minimum absolute atomic E-state index is 0.0340. The van der Waals surface area contributed by atoms with Gasteiger partial charge in [-0.25, -0.2) is 0 Å². The van der Waals surface area contributed by atoms with Gasteiger partial charge in [0.2, 0.25) is 0 Å². The van der Waals surface area contributed by atoms with Gasteiger partial charge in [-0.05, 0) is 13.0 Å². The molecular weight excluding hydrogens is 301 g/mol. The van der Waals surface area contributed by atoms with Crippen LogP contribution in [-0.4, -0.2) is 11.2 Å². The van der Waals surface area contributed by atoms with E-state index in [1.54, 1.807) is 0 Å². The van der Waals surface area contributed by atoms with Gasteiger partial charge in [-0.3, -0.25) is 4.79 Å². The van der Waals surface area contributed by atoms with Crippen molar-refractivity contribution in [3.8, 4) is 0 Å². The predicted molar refractivity (Wildman–Crippen MR) is 66.1 cm³/mol. The fourth-order valence-electron chi connectivity index (χ4n) is 0.991. The molecule has 0 radical (unpaired) electrons. The smallest absolute Gasteiger partial charge is 0.183 e. The number of Topliss-reactive ketones (excluding diaryl/α,β-unsaturated/α-hetero) is 1. The summed E-state index contributed by atoms with van der Waals surface area (Å²) in [4.78, 5) is 11.6. The van der Waals surface area contributed by atoms with Crippen LogP contribution in [0.1, 0.15) is 17.3 Å². The second-order valence-electron chi connectivity index (χ2n) is 2.82. The van der Waals surface area contributed by atoms with Crippen molar-refractivity contribution in [2.45, 2.75) is 12.3 Å². The number of ketones is 1. The molecule has 0 N–H and O–H groups in total. The number of carbonyl (C=O) groups excluding carboxylic acids is 1. The standard InChI is InChI=1S/C9H5Cl5O/c1-3(10)9(15)6-4(11)2-5(12)7(13)8(6)14/h2-3H,1H3. The Balaban J connectivity index is 3.43. The van der Waals surface area contributed by atoms with E-state index in [0.29, 0.717) is 0 Å². The van der Waals surface area contributed by atoms with Crippen LogP contribution in [0.2, 0.25) is 20.1 Å². The summed E-state index contributed by atoms with van der Waals surface area (Å²) in [7, 11) is 0. The van der Waals surface area contributed by atoms with Gasteiger partial charge in [0.15, 0.2) is 5.78 Å². The van der Waals surface area contributed by atoms with E-state index in [-0.39, 0.29) is 31.4 Å². The molecule has 0 aromatic heterocycles. The van der Waals surface area contributed by atoms with E-state index in [2.05, 4.69) is 0 Å². The van der Waals surface area contributed by atoms with Crippen molar-refractivity contribution >= 4 is 63.8 Å². The number of halogens is 5. The largest absolute Gasteiger partial charge is 0.292 e. The van der Waals surface area contributed by atoms with Crippen molar-refractivity contribution < 1.29 is 4.79 Å². The molecule has 82 valence electrons. The molecule has 0 amide bonds. The molecule has 0 aliphatic heterocycles. The van der Waals surface area contributed by atoms with Gasteiger partial charge in [0.05, 0.1) is 31.0 Å². The second-order valence-corrected chi connectivity index (χ2v) is 5.05. The Kier molecular flexibility index (Phi) is 4.57. The maximum Gasteiger partial charge on any atom is 0.183 e. The Bertz CT molecular complexity index is 413. The van der Waals surface area contributed by atoms with Gasteiger partial charge >= 0.3 is 0 Å². The Morgan fingerprint density at radius 3 is 2.13 bits per heavy atom. The first-order valence-corrected chi connectivity index (χ1v) is 5.82. The summed E-state index contributed by atoms with van der Waals surface area (Å²) in [5.41, 5.74) is 0.107. The lowest BCUT2D eigenvalue weighted by molar-refractivity contribution is 0.0992. The van der Waals surface area contributed by atoms with Crippen LogP contribution in [-0.2, 0) is 0 Å². The van der Waals surface area contributed by atoms with Gasteiger partial charge < -0.3 is 0 Å². The van der Waals surface area contributed by atoms with E-state index < -0.39 is 5.38 Å². The Morgan fingerprint density at radius 2 is 1.67 bits per heavy atom. The van der Waals surface area contributed by atoms with Crippen LogP contribution >= 0.6 is 58.0 Å². The van der Waals surface area contributed by atoms with Gasteiger partial charge in [-0.1, -0.05) is 46.4 Å². The lowest BCUT2D eigenvalue weighted by atomic mass is 10.1. The maximum atomic E-state index is 11.6. The molecule has 1 atom stereocenters. The van der Waals surface area contributed by atoms with Crippen LogP contribution in [0.25, 0.3) is 0 Å². The zero-order valence-corrected chi connectivity index (χ0v) is 11.2. The SMILES string of the molecule is CC(Cl)C(=O)c1c(Cl)cc(Cl)c(Cl)c1Cl. The molecule has 0 spiro atoms. The second kappa shape index (κ2) is 5.11. The van der Waals surface area contributed by atoms with Crippen molar-refractivity contribution in [1.82, 2.24) is 0 Å². The van der Waals surface area contributed by atoms with E-state index >= 15 is 0 Å². The lowest BCUT2D eigenvalue weighted by Crippen LogP contribution is -2.12. The first-order valence-electron chi connectivity index (χ1n) is 3.87. The third kappa shape index (κ3) is 2.72. The minimum Gasteiger partial charge on any atom is -0.292 e. The van der Waals surface area contributed by atoms with E-state index in [4.69, 9.17) is 58.0 Å². The van der Waals surface area contributed by atoms with Crippen LogP contribution in [0.5, 0.6) is 0 Å². The number of benzene rings is 1. The third-order valence-corrected chi connectivity index (χ3v) is 3.48. The highest BCUT2D eigenvalue weighted by atomic mass is 35.5. The average Bonchev–Trinajstić information content (AvgIpc) is 2.14. The highest BCUT2D eigenvalue weighted by Crippen LogP contribution is 2.38. The first-order chi connectivity index (χ1) is 6.86. The number of hydrogen-bond donors (Lipinski definition) is 0. The van der Waals surface area contributed by atoms with E-state index in [1.807, 2.05) is 0 Å². The third-order valence-electron chi connectivity index (χ3n) is 1.72. The van der Waals surface area contributed by atoms with Gasteiger partial charge in [-0.2, -0.15) is 0 Å². The zero-order valence-electron chi connectivity index (χ0n) is 7.45. The van der Waals surface area contributed by atoms with Gasteiger partial charge in [0, 0.05) is 0 Å². The monoisotopic (exact) mass is 304 g/mol. The summed E-state index contributed by atoms with van der Waals surface area (Å²) in [5, 5.41) is -0.246. The summed E-state index contributed by atoms with van der Waals surface area (Å²) >= 11 is 28.9. The van der Waals surface area contributed by atoms with Crippen LogP contribution in [0.4, 0.5) is 0 Å².